The van der Waals surface area contributed by atoms with Gasteiger partial charge in [-0.1, -0.05) is 11.6 Å². The fourth-order valence-corrected chi connectivity index (χ4v) is 3.09. The van der Waals surface area contributed by atoms with Crippen molar-refractivity contribution in [2.75, 3.05) is 13.6 Å². The number of aromatic amines is 1. The first-order valence-electron chi connectivity index (χ1n) is 5.33. The summed E-state index contributed by atoms with van der Waals surface area (Å²) >= 11 is 9.86. The van der Waals surface area contributed by atoms with Gasteiger partial charge in [-0.05, 0) is 40.7 Å². The van der Waals surface area contributed by atoms with E-state index in [4.69, 9.17) is 11.6 Å². The lowest BCUT2D eigenvalue weighted by Gasteiger charge is -2.22. The number of hydrogen-bond donors (Lipinski definition) is 1. The zero-order valence-corrected chi connectivity index (χ0v) is 11.3. The summed E-state index contributed by atoms with van der Waals surface area (Å²) in [4.78, 5) is 5.81. The van der Waals surface area contributed by atoms with Gasteiger partial charge in [0.05, 0.1) is 10.5 Å². The SMILES string of the molecule is CN1CCc2[nH]c3c(Br)ccc(Cl)c3c2C1. The van der Waals surface area contributed by atoms with E-state index in [2.05, 4.69) is 32.9 Å². The molecule has 84 valence electrons. The Bertz CT molecular complexity index is 562. The van der Waals surface area contributed by atoms with Gasteiger partial charge in [-0.2, -0.15) is 0 Å². The first kappa shape index (κ1) is 10.6. The molecule has 0 unspecified atom stereocenters. The van der Waals surface area contributed by atoms with Crippen molar-refractivity contribution in [3.63, 3.8) is 0 Å². The van der Waals surface area contributed by atoms with Gasteiger partial charge < -0.3 is 9.88 Å². The maximum atomic E-state index is 6.30. The van der Waals surface area contributed by atoms with Crippen molar-refractivity contribution in [2.45, 2.75) is 13.0 Å². The molecule has 1 aliphatic rings. The second kappa shape index (κ2) is 3.76. The molecule has 0 spiro atoms. The van der Waals surface area contributed by atoms with Crippen LogP contribution in [0, 0.1) is 0 Å². The predicted molar refractivity (Wildman–Crippen MR) is 71.0 cm³/mol. The van der Waals surface area contributed by atoms with Gasteiger partial charge >= 0.3 is 0 Å². The highest BCUT2D eigenvalue weighted by Crippen LogP contribution is 2.36. The third-order valence-electron chi connectivity index (χ3n) is 3.22. The van der Waals surface area contributed by atoms with Crippen molar-refractivity contribution in [1.82, 2.24) is 9.88 Å². The molecule has 1 aliphatic heterocycles. The largest absolute Gasteiger partial charge is 0.357 e. The zero-order chi connectivity index (χ0) is 11.3. The van der Waals surface area contributed by atoms with E-state index in [-0.39, 0.29) is 0 Å². The Kier molecular flexibility index (Phi) is 2.50. The molecule has 16 heavy (non-hydrogen) atoms. The van der Waals surface area contributed by atoms with Crippen molar-refractivity contribution >= 4 is 38.4 Å². The lowest BCUT2D eigenvalue weighted by molar-refractivity contribution is 0.313. The molecule has 0 saturated carbocycles. The Morgan fingerprint density at radius 1 is 1.44 bits per heavy atom. The monoisotopic (exact) mass is 298 g/mol. The van der Waals surface area contributed by atoms with Crippen LogP contribution in [0.1, 0.15) is 11.3 Å². The van der Waals surface area contributed by atoms with Crippen LogP contribution >= 0.6 is 27.5 Å². The highest BCUT2D eigenvalue weighted by atomic mass is 79.9. The summed E-state index contributed by atoms with van der Waals surface area (Å²) in [6.45, 7) is 2.08. The van der Waals surface area contributed by atoms with E-state index in [1.165, 1.54) is 16.6 Å². The van der Waals surface area contributed by atoms with E-state index in [1.807, 2.05) is 12.1 Å². The van der Waals surface area contributed by atoms with E-state index in [1.54, 1.807) is 0 Å². The minimum Gasteiger partial charge on any atom is -0.357 e. The van der Waals surface area contributed by atoms with Crippen LogP contribution in [0.2, 0.25) is 5.02 Å². The van der Waals surface area contributed by atoms with E-state index in [9.17, 15) is 0 Å². The number of nitrogens with one attached hydrogen (secondary N) is 1. The standard InChI is InChI=1S/C12H12BrClN2/c1-16-5-4-10-7(6-16)11-9(14)3-2-8(13)12(11)15-10/h2-3,15H,4-6H2,1H3. The fraction of sp³-hybridized carbons (Fsp3) is 0.333. The Balaban J connectivity index is 2.34. The molecule has 0 radical (unpaired) electrons. The van der Waals surface area contributed by atoms with Crippen LogP contribution in [-0.4, -0.2) is 23.5 Å². The molecule has 0 amide bonds. The van der Waals surface area contributed by atoms with Gasteiger partial charge in [0.25, 0.3) is 0 Å². The van der Waals surface area contributed by atoms with Crippen molar-refractivity contribution in [3.8, 4) is 0 Å². The Hall–Kier alpha value is -0.510. The first-order valence-corrected chi connectivity index (χ1v) is 6.50. The van der Waals surface area contributed by atoms with E-state index >= 15 is 0 Å². The molecule has 4 heteroatoms. The second-order valence-corrected chi connectivity index (χ2v) is 5.61. The molecule has 1 aromatic heterocycles. The van der Waals surface area contributed by atoms with Gasteiger partial charge in [0.15, 0.2) is 0 Å². The maximum Gasteiger partial charge on any atom is 0.0618 e. The topological polar surface area (TPSA) is 19.0 Å². The normalized spacial score (nSPS) is 16.7. The van der Waals surface area contributed by atoms with Crippen molar-refractivity contribution in [1.29, 1.82) is 0 Å². The fourth-order valence-electron chi connectivity index (χ4n) is 2.39. The summed E-state index contributed by atoms with van der Waals surface area (Å²) in [5.41, 5.74) is 3.82. The van der Waals surface area contributed by atoms with E-state index in [0.29, 0.717) is 0 Å². The molecule has 0 saturated heterocycles. The average molecular weight is 300 g/mol. The first-order chi connectivity index (χ1) is 7.66. The van der Waals surface area contributed by atoms with E-state index in [0.717, 1.165) is 34.5 Å². The van der Waals surface area contributed by atoms with Crippen LogP contribution in [0.4, 0.5) is 0 Å². The molecule has 1 aromatic carbocycles. The Morgan fingerprint density at radius 2 is 2.25 bits per heavy atom. The number of hydrogen-bond acceptors (Lipinski definition) is 1. The highest BCUT2D eigenvalue weighted by molar-refractivity contribution is 9.10. The summed E-state index contributed by atoms with van der Waals surface area (Å²) in [5, 5.41) is 2.02. The van der Waals surface area contributed by atoms with Gasteiger partial charge in [-0.25, -0.2) is 0 Å². The summed E-state index contributed by atoms with van der Waals surface area (Å²) in [5.74, 6) is 0. The van der Waals surface area contributed by atoms with E-state index < -0.39 is 0 Å². The Morgan fingerprint density at radius 3 is 3.06 bits per heavy atom. The van der Waals surface area contributed by atoms with Crippen LogP contribution < -0.4 is 0 Å². The highest BCUT2D eigenvalue weighted by Gasteiger charge is 2.20. The third-order valence-corrected chi connectivity index (χ3v) is 4.19. The van der Waals surface area contributed by atoms with Crippen LogP contribution in [0.5, 0.6) is 0 Å². The number of fused-ring (bicyclic) bond motifs is 3. The number of likely N-dealkylation sites (N-methyl/N-ethyl adjacent to an activating group) is 1. The molecule has 2 aromatic rings. The van der Waals surface area contributed by atoms with Crippen LogP contribution in [0.15, 0.2) is 16.6 Å². The minimum absolute atomic E-state index is 0.839. The molecule has 2 heterocycles. The van der Waals surface area contributed by atoms with Crippen LogP contribution in [0.3, 0.4) is 0 Å². The Labute approximate surface area is 108 Å². The molecule has 0 aliphatic carbocycles. The smallest absolute Gasteiger partial charge is 0.0618 e. The predicted octanol–water partition coefficient (Wildman–Crippen LogP) is 3.57. The zero-order valence-electron chi connectivity index (χ0n) is 8.98. The quantitative estimate of drug-likeness (QED) is 0.788. The number of aromatic nitrogens is 1. The van der Waals surface area contributed by atoms with Gasteiger partial charge in [0, 0.05) is 35.1 Å². The number of nitrogens with zero attached hydrogens (tertiary/aromatic N) is 1. The summed E-state index contributed by atoms with van der Waals surface area (Å²) in [6.07, 6.45) is 1.07. The molecule has 0 bridgehead atoms. The van der Waals surface area contributed by atoms with Crippen LogP contribution in [-0.2, 0) is 13.0 Å². The lowest BCUT2D eigenvalue weighted by Crippen LogP contribution is -2.26. The molecular formula is C12H12BrClN2. The third kappa shape index (κ3) is 1.50. The summed E-state index contributed by atoms with van der Waals surface area (Å²) in [7, 11) is 2.15. The van der Waals surface area contributed by atoms with Gasteiger partial charge in [-0.15, -0.1) is 0 Å². The molecule has 0 fully saturated rings. The number of H-pyrrole nitrogens is 1. The van der Waals surface area contributed by atoms with Crippen molar-refractivity contribution in [2.24, 2.45) is 0 Å². The number of halogens is 2. The number of benzene rings is 1. The molecule has 2 nitrogen and oxygen atoms in total. The number of rotatable bonds is 0. The molecule has 3 rings (SSSR count). The summed E-state index contributed by atoms with van der Waals surface area (Å²) in [6, 6.07) is 3.95. The minimum atomic E-state index is 0.839. The lowest BCUT2D eigenvalue weighted by atomic mass is 10.1. The van der Waals surface area contributed by atoms with Crippen LogP contribution in [0.25, 0.3) is 10.9 Å². The van der Waals surface area contributed by atoms with Gasteiger partial charge in [0.2, 0.25) is 0 Å². The average Bonchev–Trinajstić information content (AvgIpc) is 2.63. The molecular weight excluding hydrogens is 288 g/mol. The van der Waals surface area contributed by atoms with Crippen molar-refractivity contribution in [3.05, 3.63) is 32.9 Å². The summed E-state index contributed by atoms with van der Waals surface area (Å²) < 4.78 is 1.09. The van der Waals surface area contributed by atoms with Crippen molar-refractivity contribution < 1.29 is 0 Å². The molecule has 1 N–H and O–H groups in total. The van der Waals surface area contributed by atoms with Gasteiger partial charge in [-0.3, -0.25) is 0 Å². The maximum absolute atomic E-state index is 6.30. The second-order valence-electron chi connectivity index (χ2n) is 4.35. The van der Waals surface area contributed by atoms with Gasteiger partial charge in [0.1, 0.15) is 0 Å². The molecule has 0 atom stereocenters.